The van der Waals surface area contributed by atoms with Gasteiger partial charge in [-0.3, -0.25) is 5.10 Å². The van der Waals surface area contributed by atoms with Gasteiger partial charge in [-0.1, -0.05) is 6.92 Å². The third-order valence-corrected chi connectivity index (χ3v) is 4.97. The predicted molar refractivity (Wildman–Crippen MR) is 59.3 cm³/mol. The lowest BCUT2D eigenvalue weighted by atomic mass is 9.83. The molecule has 0 unspecified atom stereocenters. The molecule has 2 rings (SSSR count). The van der Waals surface area contributed by atoms with Gasteiger partial charge in [0.15, 0.2) is 0 Å². The highest BCUT2D eigenvalue weighted by molar-refractivity contribution is 9.10. The second-order valence-corrected chi connectivity index (χ2v) is 7.18. The fourth-order valence-corrected chi connectivity index (χ4v) is 3.73. The van der Waals surface area contributed by atoms with Crippen molar-refractivity contribution in [3.63, 3.8) is 0 Å². The number of nitrogens with one attached hydrogen (secondary N) is 1. The Morgan fingerprint density at radius 3 is 2.47 bits per heavy atom. The van der Waals surface area contributed by atoms with E-state index in [4.69, 9.17) is 0 Å². The normalized spacial score (nSPS) is 23.9. The Kier molecular flexibility index (Phi) is 2.62. The zero-order valence-electron chi connectivity index (χ0n) is 8.33. The average Bonchev–Trinajstić information content (AvgIpc) is 2.59. The van der Waals surface area contributed by atoms with Gasteiger partial charge in [-0.25, -0.2) is 13.4 Å². The molecule has 1 aromatic rings. The van der Waals surface area contributed by atoms with Gasteiger partial charge in [0.1, 0.15) is 15.7 Å². The number of hydrogen-bond acceptors (Lipinski definition) is 4. The van der Waals surface area contributed by atoms with E-state index < -0.39 is 9.84 Å². The highest BCUT2D eigenvalue weighted by Gasteiger charge is 2.37. The highest BCUT2D eigenvalue weighted by Crippen LogP contribution is 2.33. The molecule has 15 heavy (non-hydrogen) atoms. The van der Waals surface area contributed by atoms with Crippen molar-refractivity contribution in [2.24, 2.45) is 0 Å². The Balaban J connectivity index is 2.23. The number of hydrogen-bond donors (Lipinski definition) is 1. The number of aromatic amines is 1. The summed E-state index contributed by atoms with van der Waals surface area (Å²) in [4.78, 5) is 4.21. The van der Waals surface area contributed by atoms with Crippen LogP contribution in [0.5, 0.6) is 0 Å². The first-order chi connectivity index (χ1) is 6.91. The van der Waals surface area contributed by atoms with Crippen molar-refractivity contribution < 1.29 is 8.42 Å². The minimum Gasteiger partial charge on any atom is -0.262 e. The van der Waals surface area contributed by atoms with E-state index in [0.29, 0.717) is 17.6 Å². The summed E-state index contributed by atoms with van der Waals surface area (Å²) in [6.45, 7) is 2.02. The molecule has 2 heterocycles. The van der Waals surface area contributed by atoms with E-state index in [2.05, 4.69) is 31.1 Å². The lowest BCUT2D eigenvalue weighted by molar-refractivity contribution is 0.397. The SMILES string of the molecule is CC1(c2nc(Br)n[nH]2)CCS(=O)(=O)CC1. The molecule has 0 aromatic carbocycles. The first-order valence-electron chi connectivity index (χ1n) is 4.70. The van der Waals surface area contributed by atoms with Crippen LogP contribution in [0.4, 0.5) is 0 Å². The molecule has 1 aliphatic heterocycles. The zero-order chi connectivity index (χ0) is 11.1. The molecule has 0 aliphatic carbocycles. The number of nitrogens with zero attached hydrogens (tertiary/aromatic N) is 2. The van der Waals surface area contributed by atoms with Gasteiger partial charge in [-0.15, -0.1) is 5.10 Å². The summed E-state index contributed by atoms with van der Waals surface area (Å²) in [5.74, 6) is 1.24. The summed E-state index contributed by atoms with van der Waals surface area (Å²) in [5, 5.41) is 6.74. The van der Waals surface area contributed by atoms with Crippen molar-refractivity contribution in [3.8, 4) is 0 Å². The van der Waals surface area contributed by atoms with E-state index in [0.717, 1.165) is 5.82 Å². The first kappa shape index (κ1) is 11.1. The summed E-state index contributed by atoms with van der Waals surface area (Å²) in [6, 6.07) is 0. The largest absolute Gasteiger partial charge is 0.262 e. The van der Waals surface area contributed by atoms with Crippen LogP contribution in [0.3, 0.4) is 0 Å². The van der Waals surface area contributed by atoms with E-state index >= 15 is 0 Å². The molecular weight excluding hydrogens is 282 g/mol. The number of sulfone groups is 1. The van der Waals surface area contributed by atoms with E-state index in [9.17, 15) is 8.42 Å². The van der Waals surface area contributed by atoms with Crippen molar-refractivity contribution in [1.82, 2.24) is 15.2 Å². The number of H-pyrrole nitrogens is 1. The molecular formula is C8H12BrN3O2S. The van der Waals surface area contributed by atoms with E-state index in [1.54, 1.807) is 0 Å². The molecule has 0 radical (unpaired) electrons. The molecule has 1 aromatic heterocycles. The molecule has 1 N–H and O–H groups in total. The molecule has 84 valence electrons. The van der Waals surface area contributed by atoms with Crippen molar-refractivity contribution >= 4 is 25.8 Å². The van der Waals surface area contributed by atoms with E-state index in [1.165, 1.54) is 0 Å². The Morgan fingerprint density at radius 1 is 1.40 bits per heavy atom. The molecule has 5 nitrogen and oxygen atoms in total. The Labute approximate surface area is 96.7 Å². The first-order valence-corrected chi connectivity index (χ1v) is 7.32. The molecule has 0 atom stereocenters. The zero-order valence-corrected chi connectivity index (χ0v) is 10.7. The summed E-state index contributed by atoms with van der Waals surface area (Å²) in [7, 11) is -2.83. The van der Waals surface area contributed by atoms with Crippen LogP contribution >= 0.6 is 15.9 Å². The lowest BCUT2D eigenvalue weighted by Crippen LogP contribution is -2.35. The van der Waals surface area contributed by atoms with Crippen molar-refractivity contribution in [2.75, 3.05) is 11.5 Å². The quantitative estimate of drug-likeness (QED) is 0.839. The van der Waals surface area contributed by atoms with Gasteiger partial charge in [0.25, 0.3) is 0 Å². The summed E-state index contributed by atoms with van der Waals surface area (Å²) in [5.41, 5.74) is -0.190. The van der Waals surface area contributed by atoms with Crippen LogP contribution in [-0.2, 0) is 15.3 Å². The molecule has 0 saturated carbocycles. The maximum absolute atomic E-state index is 11.3. The highest BCUT2D eigenvalue weighted by atomic mass is 79.9. The molecule has 1 fully saturated rings. The maximum atomic E-state index is 11.3. The number of aromatic nitrogens is 3. The fourth-order valence-electron chi connectivity index (χ4n) is 1.74. The topological polar surface area (TPSA) is 75.7 Å². The summed E-state index contributed by atoms with van der Waals surface area (Å²) < 4.78 is 23.2. The molecule has 0 bridgehead atoms. The van der Waals surface area contributed by atoms with Gasteiger partial charge in [0, 0.05) is 5.41 Å². The number of rotatable bonds is 1. The molecule has 1 aliphatic rings. The van der Waals surface area contributed by atoms with Crippen molar-refractivity contribution in [1.29, 1.82) is 0 Å². The Hall–Kier alpha value is -0.430. The van der Waals surface area contributed by atoms with Gasteiger partial charge < -0.3 is 0 Å². The third kappa shape index (κ3) is 2.23. The van der Waals surface area contributed by atoms with Gasteiger partial charge in [0.05, 0.1) is 11.5 Å². The lowest BCUT2D eigenvalue weighted by Gasteiger charge is -2.30. The monoisotopic (exact) mass is 293 g/mol. The van der Waals surface area contributed by atoms with Crippen LogP contribution in [0.15, 0.2) is 4.73 Å². The standard InChI is InChI=1S/C8H12BrN3O2S/c1-8(6-10-7(9)12-11-6)2-4-15(13,14)5-3-8/h2-5H2,1H3,(H,10,11,12). The fraction of sp³-hybridized carbons (Fsp3) is 0.750. The van der Waals surface area contributed by atoms with Gasteiger partial charge in [-0.05, 0) is 28.8 Å². The summed E-state index contributed by atoms with van der Waals surface area (Å²) >= 11 is 3.17. The van der Waals surface area contributed by atoms with Crippen LogP contribution in [-0.4, -0.2) is 35.1 Å². The Morgan fingerprint density at radius 2 is 2.00 bits per heavy atom. The van der Waals surface area contributed by atoms with Gasteiger partial charge >= 0.3 is 0 Å². The van der Waals surface area contributed by atoms with Crippen LogP contribution in [0, 0.1) is 0 Å². The van der Waals surface area contributed by atoms with Crippen molar-refractivity contribution in [3.05, 3.63) is 10.6 Å². The molecule has 0 spiro atoms. The average molecular weight is 294 g/mol. The van der Waals surface area contributed by atoms with Crippen LogP contribution < -0.4 is 0 Å². The van der Waals surface area contributed by atoms with Gasteiger partial charge in [-0.2, -0.15) is 0 Å². The third-order valence-electron chi connectivity index (χ3n) is 2.96. The number of halogens is 1. The molecule has 1 saturated heterocycles. The second-order valence-electron chi connectivity index (χ2n) is 4.17. The summed E-state index contributed by atoms with van der Waals surface area (Å²) in [6.07, 6.45) is 1.22. The van der Waals surface area contributed by atoms with Crippen molar-refractivity contribution in [2.45, 2.75) is 25.2 Å². The van der Waals surface area contributed by atoms with Gasteiger partial charge in [0.2, 0.25) is 4.73 Å². The van der Waals surface area contributed by atoms with E-state index in [-0.39, 0.29) is 16.9 Å². The molecule has 7 heteroatoms. The Bertz CT molecular complexity index is 454. The van der Waals surface area contributed by atoms with Crippen LogP contribution in [0.25, 0.3) is 0 Å². The maximum Gasteiger partial charge on any atom is 0.217 e. The molecule has 0 amide bonds. The predicted octanol–water partition coefficient (Wildman–Crippen LogP) is 1.03. The minimum atomic E-state index is -2.83. The van der Waals surface area contributed by atoms with Crippen LogP contribution in [0.2, 0.25) is 0 Å². The minimum absolute atomic E-state index is 0.190. The second kappa shape index (κ2) is 3.55. The van der Waals surface area contributed by atoms with Crippen LogP contribution in [0.1, 0.15) is 25.6 Å². The van der Waals surface area contributed by atoms with E-state index in [1.807, 2.05) is 6.92 Å². The smallest absolute Gasteiger partial charge is 0.217 e.